The molecule has 0 saturated carbocycles. The molecular weight excluding hydrogens is 280 g/mol. The van der Waals surface area contributed by atoms with Crippen LogP contribution in [0.2, 0.25) is 0 Å². The Labute approximate surface area is 120 Å². The summed E-state index contributed by atoms with van der Waals surface area (Å²) in [7, 11) is -3.26. The van der Waals surface area contributed by atoms with Crippen LogP contribution in [0.3, 0.4) is 0 Å². The Hall–Kier alpha value is -0.430. The van der Waals surface area contributed by atoms with Gasteiger partial charge >= 0.3 is 0 Å². The molecule has 0 aliphatic heterocycles. The Morgan fingerprint density at radius 2 is 1.84 bits per heavy atom. The molecule has 0 aromatic carbocycles. The quantitative estimate of drug-likeness (QED) is 0.773. The molecule has 6 heteroatoms. The van der Waals surface area contributed by atoms with E-state index in [1.54, 1.807) is 18.3 Å². The van der Waals surface area contributed by atoms with Crippen molar-refractivity contribution in [1.82, 2.24) is 10.0 Å². The van der Waals surface area contributed by atoms with E-state index in [1.807, 2.05) is 19.9 Å². The van der Waals surface area contributed by atoms with E-state index in [0.29, 0.717) is 19.1 Å². The molecule has 4 nitrogen and oxygen atoms in total. The fourth-order valence-corrected chi connectivity index (χ4v) is 3.48. The van der Waals surface area contributed by atoms with E-state index in [2.05, 4.69) is 23.0 Å². The summed E-state index contributed by atoms with van der Waals surface area (Å²) in [5, 5.41) is 2.72. The smallest absolute Gasteiger partial charge is 0.215 e. The van der Waals surface area contributed by atoms with Crippen LogP contribution in [0.5, 0.6) is 0 Å². The maximum atomic E-state index is 12.0. The van der Waals surface area contributed by atoms with Crippen LogP contribution in [-0.2, 0) is 23.0 Å². The second kappa shape index (κ2) is 7.38. The summed E-state index contributed by atoms with van der Waals surface area (Å²) in [6, 6.07) is 4.34. The van der Waals surface area contributed by atoms with Gasteiger partial charge in [0.05, 0.1) is 5.25 Å². The van der Waals surface area contributed by atoms with E-state index in [-0.39, 0.29) is 0 Å². The Kier molecular flexibility index (Phi) is 6.46. The Morgan fingerprint density at radius 1 is 1.21 bits per heavy atom. The van der Waals surface area contributed by atoms with Crippen molar-refractivity contribution in [2.24, 2.45) is 0 Å². The first-order valence-corrected chi connectivity index (χ1v) is 9.01. The van der Waals surface area contributed by atoms with Crippen molar-refractivity contribution in [2.75, 3.05) is 6.54 Å². The summed E-state index contributed by atoms with van der Waals surface area (Å²) in [6.07, 6.45) is 0.992. The summed E-state index contributed by atoms with van der Waals surface area (Å²) in [5.74, 6) is 0. The zero-order valence-electron chi connectivity index (χ0n) is 12.1. The molecule has 0 aliphatic carbocycles. The molecular formula is C13H24N2O2S2. The highest BCUT2D eigenvalue weighted by molar-refractivity contribution is 7.90. The van der Waals surface area contributed by atoms with Crippen molar-refractivity contribution < 1.29 is 8.42 Å². The van der Waals surface area contributed by atoms with Crippen molar-refractivity contribution in [3.63, 3.8) is 0 Å². The van der Waals surface area contributed by atoms with E-state index < -0.39 is 15.3 Å². The largest absolute Gasteiger partial charge is 0.313 e. The molecule has 110 valence electrons. The van der Waals surface area contributed by atoms with Crippen LogP contribution in [0.4, 0.5) is 0 Å². The molecule has 0 amide bonds. The highest BCUT2D eigenvalue weighted by Gasteiger charge is 2.20. The van der Waals surface area contributed by atoms with Crippen LogP contribution in [0.15, 0.2) is 12.1 Å². The van der Waals surface area contributed by atoms with Crippen LogP contribution in [0.1, 0.15) is 37.4 Å². The first kappa shape index (κ1) is 16.6. The number of hydrogen-bond donors (Lipinski definition) is 2. The van der Waals surface area contributed by atoms with Crippen LogP contribution < -0.4 is 10.0 Å². The highest BCUT2D eigenvalue weighted by Crippen LogP contribution is 2.17. The monoisotopic (exact) mass is 304 g/mol. The van der Waals surface area contributed by atoms with Crippen LogP contribution in [0, 0.1) is 0 Å². The van der Waals surface area contributed by atoms with Gasteiger partial charge in [-0.2, -0.15) is 0 Å². The number of aryl methyl sites for hydroxylation is 1. The maximum absolute atomic E-state index is 12.0. The fraction of sp³-hybridized carbons (Fsp3) is 0.692. The number of hydrogen-bond acceptors (Lipinski definition) is 4. The lowest BCUT2D eigenvalue weighted by Gasteiger charge is -2.16. The minimum atomic E-state index is -3.26. The standard InChI is InChI=1S/C13H24N2O2S2/c1-5-12-6-7-13(18-12)9-15-19(16,17)11(4)8-14-10(2)3/h6-7,10-11,14-15H,5,8-9H2,1-4H3. The molecule has 0 spiro atoms. The predicted octanol–water partition coefficient (Wildman–Crippen LogP) is 2.12. The van der Waals surface area contributed by atoms with Gasteiger partial charge in [0, 0.05) is 28.9 Å². The van der Waals surface area contributed by atoms with Crippen LogP contribution in [-0.4, -0.2) is 26.3 Å². The lowest BCUT2D eigenvalue weighted by molar-refractivity contribution is 0.541. The van der Waals surface area contributed by atoms with Gasteiger partial charge in [-0.15, -0.1) is 11.3 Å². The fourth-order valence-electron chi connectivity index (χ4n) is 1.53. The molecule has 2 N–H and O–H groups in total. The van der Waals surface area contributed by atoms with E-state index in [0.717, 1.165) is 11.3 Å². The zero-order chi connectivity index (χ0) is 14.5. The third-order valence-corrected chi connectivity index (χ3v) is 5.86. The highest BCUT2D eigenvalue weighted by atomic mass is 32.2. The molecule has 0 radical (unpaired) electrons. The molecule has 0 bridgehead atoms. The second-order valence-corrected chi connectivity index (χ2v) is 8.40. The number of thiophene rings is 1. The Morgan fingerprint density at radius 3 is 2.37 bits per heavy atom. The molecule has 1 aromatic rings. The normalized spacial score (nSPS) is 13.9. The molecule has 1 aromatic heterocycles. The van der Waals surface area contributed by atoms with E-state index in [4.69, 9.17) is 0 Å². The molecule has 0 fully saturated rings. The van der Waals surface area contributed by atoms with Gasteiger partial charge in [0.2, 0.25) is 10.0 Å². The average Bonchev–Trinajstić information content (AvgIpc) is 2.81. The number of sulfonamides is 1. The molecule has 19 heavy (non-hydrogen) atoms. The van der Waals surface area contributed by atoms with Crippen molar-refractivity contribution in [3.8, 4) is 0 Å². The van der Waals surface area contributed by atoms with Gasteiger partial charge in [-0.3, -0.25) is 0 Å². The van der Waals surface area contributed by atoms with Crippen molar-refractivity contribution in [1.29, 1.82) is 0 Å². The van der Waals surface area contributed by atoms with E-state index in [1.165, 1.54) is 4.88 Å². The SMILES string of the molecule is CCc1ccc(CNS(=O)(=O)C(C)CNC(C)C)s1. The Balaban J connectivity index is 2.49. The summed E-state index contributed by atoms with van der Waals surface area (Å²) in [5.41, 5.74) is 0. The summed E-state index contributed by atoms with van der Waals surface area (Å²) in [4.78, 5) is 2.34. The van der Waals surface area contributed by atoms with Gasteiger partial charge in [-0.25, -0.2) is 13.1 Å². The summed E-state index contributed by atoms with van der Waals surface area (Å²) in [6.45, 7) is 8.69. The molecule has 0 aliphatic rings. The first-order chi connectivity index (χ1) is 8.85. The van der Waals surface area contributed by atoms with Gasteiger partial charge in [-0.05, 0) is 25.5 Å². The Bertz CT molecular complexity index is 481. The average molecular weight is 304 g/mol. The van der Waals surface area contributed by atoms with Gasteiger partial charge in [0.1, 0.15) is 0 Å². The van der Waals surface area contributed by atoms with E-state index >= 15 is 0 Å². The second-order valence-electron chi connectivity index (χ2n) is 4.96. The van der Waals surface area contributed by atoms with Crippen molar-refractivity contribution >= 4 is 21.4 Å². The van der Waals surface area contributed by atoms with Crippen LogP contribution in [0.25, 0.3) is 0 Å². The predicted molar refractivity (Wildman–Crippen MR) is 82.1 cm³/mol. The molecule has 1 rings (SSSR count). The topological polar surface area (TPSA) is 58.2 Å². The first-order valence-electron chi connectivity index (χ1n) is 6.64. The zero-order valence-corrected chi connectivity index (χ0v) is 13.7. The third-order valence-electron chi connectivity index (χ3n) is 2.86. The summed E-state index contributed by atoms with van der Waals surface area (Å²) >= 11 is 1.66. The number of rotatable bonds is 8. The number of nitrogens with one attached hydrogen (secondary N) is 2. The lowest BCUT2D eigenvalue weighted by atomic mass is 10.3. The minimum absolute atomic E-state index is 0.294. The maximum Gasteiger partial charge on any atom is 0.215 e. The molecule has 1 unspecified atom stereocenters. The van der Waals surface area contributed by atoms with E-state index in [9.17, 15) is 8.42 Å². The van der Waals surface area contributed by atoms with Crippen LogP contribution >= 0.6 is 11.3 Å². The van der Waals surface area contributed by atoms with Gasteiger partial charge < -0.3 is 5.32 Å². The van der Waals surface area contributed by atoms with Crippen molar-refractivity contribution in [2.45, 2.75) is 52.0 Å². The molecule has 0 saturated heterocycles. The minimum Gasteiger partial charge on any atom is -0.313 e. The van der Waals surface area contributed by atoms with Gasteiger partial charge in [0.15, 0.2) is 0 Å². The van der Waals surface area contributed by atoms with Gasteiger partial charge in [0.25, 0.3) is 0 Å². The lowest BCUT2D eigenvalue weighted by Crippen LogP contribution is -2.40. The van der Waals surface area contributed by atoms with Crippen molar-refractivity contribution in [3.05, 3.63) is 21.9 Å². The summed E-state index contributed by atoms with van der Waals surface area (Å²) < 4.78 is 26.8. The molecule has 1 atom stereocenters. The third kappa shape index (κ3) is 5.60. The van der Waals surface area contributed by atoms with Gasteiger partial charge in [-0.1, -0.05) is 20.8 Å². The molecule has 1 heterocycles.